The second-order valence-corrected chi connectivity index (χ2v) is 7.09. The molecule has 0 saturated carbocycles. The third-order valence-electron chi connectivity index (χ3n) is 3.78. The van der Waals surface area contributed by atoms with Gasteiger partial charge in [0, 0.05) is 16.7 Å². The Morgan fingerprint density at radius 3 is 2.74 bits per heavy atom. The zero-order valence-electron chi connectivity index (χ0n) is 13.5. The minimum Gasteiger partial charge on any atom is -0.450 e. The summed E-state index contributed by atoms with van der Waals surface area (Å²) in [6, 6.07) is 11.1. The molecule has 0 aliphatic carbocycles. The number of aliphatic imine (C=N–C) groups is 2. The lowest BCUT2D eigenvalue weighted by Crippen LogP contribution is -2.29. The molecule has 0 amide bonds. The van der Waals surface area contributed by atoms with Crippen molar-refractivity contribution in [3.05, 3.63) is 75.1 Å². The molecule has 2 aliphatic rings. The van der Waals surface area contributed by atoms with Gasteiger partial charge in [-0.05, 0) is 36.4 Å². The van der Waals surface area contributed by atoms with Gasteiger partial charge in [0.25, 0.3) is 0 Å². The van der Waals surface area contributed by atoms with E-state index in [-0.39, 0.29) is 11.4 Å². The fourth-order valence-corrected chi connectivity index (χ4v) is 3.68. The highest BCUT2D eigenvalue weighted by Gasteiger charge is 2.32. The van der Waals surface area contributed by atoms with Crippen LogP contribution in [0.1, 0.15) is 5.56 Å². The summed E-state index contributed by atoms with van der Waals surface area (Å²) in [7, 11) is 0. The maximum Gasteiger partial charge on any atom is 0.312 e. The Balaban J connectivity index is 1.65. The topological polar surface area (TPSA) is 101 Å². The van der Waals surface area contributed by atoms with E-state index in [4.69, 9.17) is 16.3 Å². The SMILES string of the molecule is O=[N+]([O-])c1cc(C2=NC3=CN=CN(O)C3S2)ccc1Oc1ccc(Cl)cc1. The van der Waals surface area contributed by atoms with Gasteiger partial charge in [0.2, 0.25) is 5.75 Å². The number of hydroxylamine groups is 2. The zero-order chi connectivity index (χ0) is 19.0. The van der Waals surface area contributed by atoms with E-state index in [1.165, 1.54) is 30.2 Å². The summed E-state index contributed by atoms with van der Waals surface area (Å²) in [6.45, 7) is 0. The highest BCUT2D eigenvalue weighted by atomic mass is 35.5. The van der Waals surface area contributed by atoms with E-state index in [9.17, 15) is 15.3 Å². The molecule has 27 heavy (non-hydrogen) atoms. The van der Waals surface area contributed by atoms with Gasteiger partial charge in [-0.3, -0.25) is 15.3 Å². The van der Waals surface area contributed by atoms with Crippen molar-refractivity contribution >= 4 is 40.4 Å². The van der Waals surface area contributed by atoms with E-state index in [1.54, 1.807) is 36.5 Å². The average molecular weight is 403 g/mol. The predicted molar refractivity (Wildman–Crippen MR) is 103 cm³/mol. The van der Waals surface area contributed by atoms with Crippen LogP contribution < -0.4 is 4.74 Å². The molecule has 0 aromatic heterocycles. The minimum absolute atomic E-state index is 0.110. The van der Waals surface area contributed by atoms with Crippen molar-refractivity contribution in [2.24, 2.45) is 9.98 Å². The Bertz CT molecular complexity index is 1010. The van der Waals surface area contributed by atoms with Gasteiger partial charge in [0.05, 0.1) is 16.8 Å². The molecule has 1 N–H and O–H groups in total. The van der Waals surface area contributed by atoms with Crippen molar-refractivity contribution in [1.82, 2.24) is 5.06 Å². The number of ether oxygens (including phenoxy) is 1. The summed E-state index contributed by atoms with van der Waals surface area (Å²) in [5.41, 5.74) is 0.940. The molecular formula is C17H11ClN4O4S. The number of halogens is 1. The van der Waals surface area contributed by atoms with Crippen LogP contribution in [0.2, 0.25) is 5.02 Å². The molecule has 0 radical (unpaired) electrons. The largest absolute Gasteiger partial charge is 0.450 e. The Morgan fingerprint density at radius 1 is 1.26 bits per heavy atom. The summed E-state index contributed by atoms with van der Waals surface area (Å²) in [4.78, 5) is 19.3. The van der Waals surface area contributed by atoms with Crippen LogP contribution >= 0.6 is 23.4 Å². The van der Waals surface area contributed by atoms with E-state index in [1.807, 2.05) is 0 Å². The quantitative estimate of drug-likeness (QED) is 0.599. The van der Waals surface area contributed by atoms with Crippen molar-refractivity contribution in [2.45, 2.75) is 5.37 Å². The molecule has 2 aromatic rings. The minimum atomic E-state index is -0.511. The fraction of sp³-hybridized carbons (Fsp3) is 0.0588. The summed E-state index contributed by atoms with van der Waals surface area (Å²) in [5.74, 6) is 0.547. The number of hydrogen-bond acceptors (Lipinski definition) is 8. The van der Waals surface area contributed by atoms with Crippen molar-refractivity contribution < 1.29 is 14.9 Å². The lowest BCUT2D eigenvalue weighted by Gasteiger charge is -2.20. The second-order valence-electron chi connectivity index (χ2n) is 5.58. The highest BCUT2D eigenvalue weighted by molar-refractivity contribution is 8.15. The first-order chi connectivity index (χ1) is 13.0. The van der Waals surface area contributed by atoms with Crippen LogP contribution in [0.3, 0.4) is 0 Å². The smallest absolute Gasteiger partial charge is 0.312 e. The summed E-state index contributed by atoms with van der Waals surface area (Å²) in [6.07, 6.45) is 2.83. The van der Waals surface area contributed by atoms with Crippen molar-refractivity contribution in [3.8, 4) is 11.5 Å². The standard InChI is InChI=1S/C17H11ClN4O4S/c18-11-2-4-12(5-3-11)26-15-6-1-10(7-14(15)22(24)25)16-20-13-8-19-9-21(23)17(13)27-16/h1-9,17,23H. The van der Waals surface area contributed by atoms with Crippen LogP contribution in [0.15, 0.2) is 64.3 Å². The van der Waals surface area contributed by atoms with Gasteiger partial charge in [0.15, 0.2) is 5.37 Å². The Labute approximate surface area is 162 Å². The number of rotatable bonds is 4. The number of nitro benzene ring substituents is 1. The lowest BCUT2D eigenvalue weighted by molar-refractivity contribution is -0.385. The van der Waals surface area contributed by atoms with E-state index in [0.29, 0.717) is 27.1 Å². The van der Waals surface area contributed by atoms with Gasteiger partial charge in [-0.2, -0.15) is 0 Å². The molecule has 1 atom stereocenters. The van der Waals surface area contributed by atoms with E-state index in [0.717, 1.165) is 5.06 Å². The van der Waals surface area contributed by atoms with Crippen LogP contribution in [-0.2, 0) is 0 Å². The normalized spacial score (nSPS) is 18.0. The van der Waals surface area contributed by atoms with Gasteiger partial charge in [-0.1, -0.05) is 23.4 Å². The summed E-state index contributed by atoms with van der Waals surface area (Å²) < 4.78 is 5.63. The monoisotopic (exact) mass is 402 g/mol. The first kappa shape index (κ1) is 17.5. The summed E-state index contributed by atoms with van der Waals surface area (Å²) >= 11 is 7.11. The van der Waals surface area contributed by atoms with Crippen LogP contribution in [0.4, 0.5) is 5.69 Å². The van der Waals surface area contributed by atoms with Gasteiger partial charge in [-0.25, -0.2) is 15.0 Å². The van der Waals surface area contributed by atoms with Crippen LogP contribution in [-0.4, -0.2) is 31.9 Å². The molecule has 2 aliphatic heterocycles. The van der Waals surface area contributed by atoms with Gasteiger partial charge < -0.3 is 4.74 Å². The number of nitro groups is 1. The predicted octanol–water partition coefficient (Wildman–Crippen LogP) is 4.43. The highest BCUT2D eigenvalue weighted by Crippen LogP contribution is 2.38. The molecule has 1 unspecified atom stereocenters. The van der Waals surface area contributed by atoms with Crippen molar-refractivity contribution in [2.75, 3.05) is 0 Å². The molecule has 0 saturated heterocycles. The van der Waals surface area contributed by atoms with Crippen LogP contribution in [0.5, 0.6) is 11.5 Å². The molecular weight excluding hydrogens is 392 g/mol. The number of hydrogen-bond donors (Lipinski definition) is 1. The van der Waals surface area contributed by atoms with Gasteiger partial charge in [0.1, 0.15) is 17.1 Å². The molecule has 0 bridgehead atoms. The van der Waals surface area contributed by atoms with E-state index in [2.05, 4.69) is 9.98 Å². The Hall–Kier alpha value is -2.88. The number of benzene rings is 2. The maximum absolute atomic E-state index is 11.5. The first-order valence-corrected chi connectivity index (χ1v) is 8.95. The van der Waals surface area contributed by atoms with E-state index >= 15 is 0 Å². The Morgan fingerprint density at radius 2 is 2.04 bits per heavy atom. The van der Waals surface area contributed by atoms with Crippen molar-refractivity contribution in [3.63, 3.8) is 0 Å². The lowest BCUT2D eigenvalue weighted by atomic mass is 10.2. The van der Waals surface area contributed by atoms with Gasteiger partial charge >= 0.3 is 5.69 Å². The third kappa shape index (κ3) is 3.52. The Kier molecular flexibility index (Phi) is 4.56. The fourth-order valence-electron chi connectivity index (χ4n) is 2.53. The third-order valence-corrected chi connectivity index (χ3v) is 5.27. The number of nitrogens with zero attached hydrogens (tertiary/aromatic N) is 4. The first-order valence-electron chi connectivity index (χ1n) is 7.69. The second kappa shape index (κ2) is 7.03. The summed E-state index contributed by atoms with van der Waals surface area (Å²) in [5, 5.41) is 23.0. The number of thioether (sulfide) groups is 1. The number of fused-ring (bicyclic) bond motifs is 1. The molecule has 0 spiro atoms. The molecule has 0 fully saturated rings. The molecule has 2 heterocycles. The average Bonchev–Trinajstić information content (AvgIpc) is 3.09. The molecule has 8 nitrogen and oxygen atoms in total. The van der Waals surface area contributed by atoms with Gasteiger partial charge in [-0.15, -0.1) is 0 Å². The van der Waals surface area contributed by atoms with Crippen molar-refractivity contribution in [1.29, 1.82) is 0 Å². The van der Waals surface area contributed by atoms with E-state index < -0.39 is 10.3 Å². The van der Waals surface area contributed by atoms with Crippen LogP contribution in [0.25, 0.3) is 0 Å². The maximum atomic E-state index is 11.5. The molecule has 2 aromatic carbocycles. The van der Waals surface area contributed by atoms with Crippen LogP contribution in [0, 0.1) is 10.1 Å². The molecule has 4 rings (SSSR count). The molecule has 136 valence electrons. The zero-order valence-corrected chi connectivity index (χ0v) is 15.1. The molecule has 10 heteroatoms.